The van der Waals surface area contributed by atoms with Crippen molar-refractivity contribution in [2.45, 2.75) is 19.3 Å². The maximum absolute atomic E-state index is 12.8. The van der Waals surface area contributed by atoms with Crippen LogP contribution in [0.25, 0.3) is 5.69 Å². The fraction of sp³-hybridized carbons (Fsp3) is 0.412. The lowest BCUT2D eigenvalue weighted by atomic mass is 10.1. The highest BCUT2D eigenvalue weighted by molar-refractivity contribution is 7.73. The van der Waals surface area contributed by atoms with Crippen LogP contribution >= 0.6 is 23.6 Å². The van der Waals surface area contributed by atoms with Crippen molar-refractivity contribution < 1.29 is 14.3 Å². The van der Waals surface area contributed by atoms with E-state index in [-0.39, 0.29) is 5.91 Å². The van der Waals surface area contributed by atoms with Crippen LogP contribution in [-0.2, 0) is 0 Å². The Morgan fingerprint density at radius 1 is 1.20 bits per heavy atom. The third kappa shape index (κ3) is 3.36. The maximum atomic E-state index is 12.8. The van der Waals surface area contributed by atoms with Gasteiger partial charge in [0.25, 0.3) is 5.91 Å². The lowest BCUT2D eigenvalue weighted by molar-refractivity contribution is 0.0730. The highest BCUT2D eigenvalue weighted by Crippen LogP contribution is 2.34. The monoisotopic (exact) mass is 379 g/mol. The van der Waals surface area contributed by atoms with E-state index in [2.05, 4.69) is 0 Å². The van der Waals surface area contributed by atoms with Crippen molar-refractivity contribution in [3.05, 3.63) is 27.0 Å². The first-order chi connectivity index (χ1) is 12.1. The molecule has 1 saturated heterocycles. The smallest absolute Gasteiger partial charge is 0.267 e. The number of hydrogen-bond donors (Lipinski definition) is 1. The van der Waals surface area contributed by atoms with Gasteiger partial charge in [0.2, 0.25) is 0 Å². The van der Waals surface area contributed by atoms with Gasteiger partial charge in [-0.25, -0.2) is 0 Å². The number of thiazole rings is 1. The quantitative estimate of drug-likeness (QED) is 0.824. The molecule has 2 N–H and O–H groups in total. The number of piperidine rings is 1. The average Bonchev–Trinajstić information content (AvgIpc) is 2.95. The van der Waals surface area contributed by atoms with E-state index in [9.17, 15) is 4.79 Å². The molecule has 1 aliphatic rings. The van der Waals surface area contributed by atoms with Gasteiger partial charge in [0.05, 0.1) is 19.9 Å². The SMILES string of the molecule is COc1ccc(OC)c(-n2c(N)c(C(=O)N3CCCCC3)sc2=S)c1. The van der Waals surface area contributed by atoms with Crippen LogP contribution < -0.4 is 15.2 Å². The Balaban J connectivity index is 2.06. The van der Waals surface area contributed by atoms with E-state index in [0.717, 1.165) is 32.4 Å². The second kappa shape index (κ2) is 7.45. The van der Waals surface area contributed by atoms with E-state index in [1.807, 2.05) is 4.90 Å². The summed E-state index contributed by atoms with van der Waals surface area (Å²) in [4.78, 5) is 15.2. The number of hydrogen-bond acceptors (Lipinski definition) is 6. The first-order valence-corrected chi connectivity index (χ1v) is 9.32. The normalized spacial score (nSPS) is 14.4. The molecule has 1 fully saturated rings. The number of ether oxygens (including phenoxy) is 2. The molecule has 0 bridgehead atoms. The third-order valence-corrected chi connectivity index (χ3v) is 5.69. The van der Waals surface area contributed by atoms with Crippen LogP contribution in [0.15, 0.2) is 18.2 Å². The van der Waals surface area contributed by atoms with E-state index in [0.29, 0.717) is 31.8 Å². The largest absolute Gasteiger partial charge is 0.497 e. The number of methoxy groups -OCH3 is 2. The highest BCUT2D eigenvalue weighted by Gasteiger charge is 2.25. The zero-order valence-electron chi connectivity index (χ0n) is 14.3. The molecule has 0 radical (unpaired) electrons. The summed E-state index contributed by atoms with van der Waals surface area (Å²) < 4.78 is 12.9. The molecule has 0 aliphatic carbocycles. The summed E-state index contributed by atoms with van der Waals surface area (Å²) in [5, 5.41) is 0. The van der Waals surface area contributed by atoms with Gasteiger partial charge in [0.15, 0.2) is 3.95 Å². The summed E-state index contributed by atoms with van der Waals surface area (Å²) in [5.74, 6) is 1.57. The molecule has 0 spiro atoms. The molecule has 1 aromatic carbocycles. The molecular formula is C17H21N3O3S2. The van der Waals surface area contributed by atoms with Crippen LogP contribution in [-0.4, -0.2) is 42.7 Å². The number of anilines is 1. The van der Waals surface area contributed by atoms with Crippen LogP contribution in [0.3, 0.4) is 0 Å². The third-order valence-electron chi connectivity index (χ3n) is 4.31. The minimum Gasteiger partial charge on any atom is -0.497 e. The molecule has 6 nitrogen and oxygen atoms in total. The van der Waals surface area contributed by atoms with Crippen molar-refractivity contribution in [2.24, 2.45) is 0 Å². The van der Waals surface area contributed by atoms with Crippen LogP contribution in [0.5, 0.6) is 11.5 Å². The highest BCUT2D eigenvalue weighted by atomic mass is 32.1. The van der Waals surface area contributed by atoms with Crippen molar-refractivity contribution in [2.75, 3.05) is 33.0 Å². The molecule has 2 heterocycles. The van der Waals surface area contributed by atoms with E-state index in [4.69, 9.17) is 27.4 Å². The standard InChI is InChI=1S/C17H21N3O3S2/c1-22-11-6-7-13(23-2)12(10-11)20-15(18)14(25-17(20)24)16(21)19-8-4-3-5-9-19/h6-7,10H,3-5,8-9,18H2,1-2H3. The molecule has 2 aromatic rings. The van der Waals surface area contributed by atoms with Crippen LogP contribution in [0.1, 0.15) is 28.9 Å². The molecule has 1 aromatic heterocycles. The summed E-state index contributed by atoms with van der Waals surface area (Å²) in [5.41, 5.74) is 6.99. The summed E-state index contributed by atoms with van der Waals surface area (Å²) >= 11 is 6.72. The van der Waals surface area contributed by atoms with Crippen LogP contribution in [0.4, 0.5) is 5.82 Å². The Morgan fingerprint density at radius 3 is 2.56 bits per heavy atom. The van der Waals surface area contributed by atoms with Gasteiger partial charge < -0.3 is 20.1 Å². The van der Waals surface area contributed by atoms with Gasteiger partial charge in [-0.1, -0.05) is 11.3 Å². The Hall–Kier alpha value is -2.06. The first kappa shape index (κ1) is 17.8. The Kier molecular flexibility index (Phi) is 5.29. The predicted molar refractivity (Wildman–Crippen MR) is 102 cm³/mol. The van der Waals surface area contributed by atoms with Crippen molar-refractivity contribution in [3.8, 4) is 17.2 Å². The van der Waals surface area contributed by atoms with Crippen molar-refractivity contribution in [1.29, 1.82) is 0 Å². The van der Waals surface area contributed by atoms with Crippen molar-refractivity contribution in [3.63, 3.8) is 0 Å². The van der Waals surface area contributed by atoms with E-state index in [1.165, 1.54) is 11.3 Å². The number of nitrogen functional groups attached to an aromatic ring is 1. The van der Waals surface area contributed by atoms with E-state index < -0.39 is 0 Å². The minimum absolute atomic E-state index is 0.0473. The average molecular weight is 380 g/mol. The zero-order chi connectivity index (χ0) is 18.0. The number of nitrogens with two attached hydrogens (primary N) is 1. The molecule has 25 heavy (non-hydrogen) atoms. The van der Waals surface area contributed by atoms with E-state index >= 15 is 0 Å². The minimum atomic E-state index is -0.0473. The van der Waals surface area contributed by atoms with Gasteiger partial charge in [-0.3, -0.25) is 9.36 Å². The number of carbonyl (C=O) groups excluding carboxylic acids is 1. The molecule has 134 valence electrons. The Morgan fingerprint density at radius 2 is 1.92 bits per heavy atom. The summed E-state index contributed by atoms with van der Waals surface area (Å²) in [7, 11) is 3.17. The topological polar surface area (TPSA) is 69.7 Å². The lowest BCUT2D eigenvalue weighted by Gasteiger charge is -2.26. The van der Waals surface area contributed by atoms with Crippen LogP contribution in [0, 0.1) is 3.95 Å². The number of carbonyl (C=O) groups is 1. The zero-order valence-corrected chi connectivity index (χ0v) is 15.9. The van der Waals surface area contributed by atoms with Crippen molar-refractivity contribution >= 4 is 35.3 Å². The molecule has 0 atom stereocenters. The number of aromatic nitrogens is 1. The van der Waals surface area contributed by atoms with E-state index in [1.54, 1.807) is 37.0 Å². The van der Waals surface area contributed by atoms with Crippen LogP contribution in [0.2, 0.25) is 0 Å². The molecule has 3 rings (SSSR count). The lowest BCUT2D eigenvalue weighted by Crippen LogP contribution is -2.35. The molecule has 8 heteroatoms. The number of likely N-dealkylation sites (tertiary alicyclic amines) is 1. The van der Waals surface area contributed by atoms with Gasteiger partial charge >= 0.3 is 0 Å². The molecule has 0 unspecified atom stereocenters. The number of amides is 1. The van der Waals surface area contributed by atoms with Gasteiger partial charge in [-0.15, -0.1) is 0 Å². The van der Waals surface area contributed by atoms with Gasteiger partial charge in [0.1, 0.15) is 22.2 Å². The fourth-order valence-electron chi connectivity index (χ4n) is 2.98. The maximum Gasteiger partial charge on any atom is 0.267 e. The fourth-order valence-corrected chi connectivity index (χ4v) is 4.30. The number of rotatable bonds is 4. The van der Waals surface area contributed by atoms with Crippen molar-refractivity contribution in [1.82, 2.24) is 9.47 Å². The Bertz CT molecular complexity index is 838. The Labute approximate surface area is 155 Å². The molecule has 0 saturated carbocycles. The first-order valence-electron chi connectivity index (χ1n) is 8.09. The molecule has 1 aliphatic heterocycles. The molecular weight excluding hydrogens is 358 g/mol. The second-order valence-electron chi connectivity index (χ2n) is 5.81. The summed E-state index contributed by atoms with van der Waals surface area (Å²) in [6.07, 6.45) is 3.22. The van der Waals surface area contributed by atoms with Gasteiger partial charge in [0, 0.05) is 19.2 Å². The molecule has 1 amide bonds. The summed E-state index contributed by atoms with van der Waals surface area (Å²) in [6.45, 7) is 1.54. The van der Waals surface area contributed by atoms with Gasteiger partial charge in [-0.2, -0.15) is 0 Å². The second-order valence-corrected chi connectivity index (χ2v) is 7.45. The number of benzene rings is 1. The predicted octanol–water partition coefficient (Wildman–Crippen LogP) is 3.49. The number of nitrogens with zero attached hydrogens (tertiary/aromatic N) is 2. The summed E-state index contributed by atoms with van der Waals surface area (Å²) in [6, 6.07) is 5.39. The van der Waals surface area contributed by atoms with Gasteiger partial charge in [-0.05, 0) is 43.6 Å².